The predicted molar refractivity (Wildman–Crippen MR) is 179 cm³/mol. The molecule has 2 spiro atoms. The summed E-state index contributed by atoms with van der Waals surface area (Å²) in [4.78, 5) is 57.3. The lowest BCUT2D eigenvalue weighted by Gasteiger charge is -2.24. The molecule has 2 amide bonds. The van der Waals surface area contributed by atoms with E-state index in [4.69, 9.17) is 9.47 Å². The third kappa shape index (κ3) is 4.24. The van der Waals surface area contributed by atoms with Crippen molar-refractivity contribution in [3.05, 3.63) is 144 Å². The molecule has 4 aromatic rings. The summed E-state index contributed by atoms with van der Waals surface area (Å²) in [5.41, 5.74) is 4.50. The number of amides is 2. The molecule has 238 valence electrons. The van der Waals surface area contributed by atoms with Crippen LogP contribution in [0.25, 0.3) is 0 Å². The normalized spacial score (nSPS) is 22.5. The fourth-order valence-corrected chi connectivity index (χ4v) is 7.28. The van der Waals surface area contributed by atoms with Crippen LogP contribution in [-0.4, -0.2) is 30.8 Å². The molecule has 0 saturated carbocycles. The first-order valence-electron chi connectivity index (χ1n) is 15.7. The molecule has 8 rings (SSSR count). The molecule has 2 saturated heterocycles. The van der Waals surface area contributed by atoms with Crippen molar-refractivity contribution in [1.82, 2.24) is 0 Å². The summed E-state index contributed by atoms with van der Waals surface area (Å²) in [7, 11) is 1.97. The molecule has 4 heterocycles. The maximum atomic E-state index is 13.7. The average molecular weight is 638 g/mol. The monoisotopic (exact) mass is 637 g/mol. The Bertz CT molecular complexity index is 1900. The Labute approximate surface area is 277 Å². The van der Waals surface area contributed by atoms with Crippen LogP contribution in [0.5, 0.6) is 0 Å². The highest BCUT2D eigenvalue weighted by atomic mass is 16.6. The molecule has 9 nitrogen and oxygen atoms in total. The van der Waals surface area contributed by atoms with Gasteiger partial charge in [0.25, 0.3) is 11.8 Å². The average Bonchev–Trinajstić information content (AvgIpc) is 3.73. The second-order valence-electron chi connectivity index (χ2n) is 12.7. The zero-order valence-electron chi connectivity index (χ0n) is 26.3. The van der Waals surface area contributed by atoms with Gasteiger partial charge in [0.1, 0.15) is 0 Å². The first-order valence-corrected chi connectivity index (χ1v) is 15.7. The van der Waals surface area contributed by atoms with Gasteiger partial charge in [-0.25, -0.2) is 9.59 Å². The van der Waals surface area contributed by atoms with Crippen molar-refractivity contribution in [2.75, 3.05) is 21.7 Å². The second kappa shape index (κ2) is 10.5. The van der Waals surface area contributed by atoms with E-state index < -0.39 is 23.1 Å². The Balaban J connectivity index is 0.972. The molecule has 4 aliphatic heterocycles. The van der Waals surface area contributed by atoms with Gasteiger partial charge in [0.15, 0.2) is 0 Å². The lowest BCUT2D eigenvalue weighted by atomic mass is 9.91. The van der Waals surface area contributed by atoms with Crippen LogP contribution in [-0.2, 0) is 52.9 Å². The van der Waals surface area contributed by atoms with Crippen LogP contribution in [0, 0.1) is 0 Å². The molecule has 0 aromatic heterocycles. The van der Waals surface area contributed by atoms with Gasteiger partial charge in [-0.3, -0.25) is 9.59 Å². The number of carbonyl (C=O) groups is 4. The van der Waals surface area contributed by atoms with Crippen LogP contribution in [0.3, 0.4) is 0 Å². The lowest BCUT2D eigenvalue weighted by Crippen LogP contribution is -2.39. The Morgan fingerprint density at radius 1 is 0.604 bits per heavy atom. The van der Waals surface area contributed by atoms with E-state index in [9.17, 15) is 19.2 Å². The topological polar surface area (TPSA) is 96.5 Å². The van der Waals surface area contributed by atoms with E-state index in [0.717, 1.165) is 33.9 Å². The van der Waals surface area contributed by atoms with Gasteiger partial charge in [-0.15, -0.1) is 0 Å². The smallest absolute Gasteiger partial charge is 0.335 e. The zero-order chi connectivity index (χ0) is 33.4. The van der Waals surface area contributed by atoms with Crippen molar-refractivity contribution in [2.24, 2.45) is 0 Å². The molecule has 0 radical (unpaired) electrons. The first-order chi connectivity index (χ1) is 23.1. The first kappa shape index (κ1) is 29.4. The second-order valence-corrected chi connectivity index (χ2v) is 12.7. The SMILES string of the molecule is C=C1CC2(OC1=O)C(=O)N(Cc1ccc(N(C)c3ccc(CN4C(=O)C5(CC(=C)C(=O)O5)c5ccccc54)cc3)cc1)c1ccccc12. The number of hydrogen-bond acceptors (Lipinski definition) is 7. The van der Waals surface area contributed by atoms with Crippen LogP contribution in [0.1, 0.15) is 35.1 Å². The summed E-state index contributed by atoms with van der Waals surface area (Å²) in [6.45, 7) is 8.24. The quantitative estimate of drug-likeness (QED) is 0.191. The minimum atomic E-state index is -1.34. The van der Waals surface area contributed by atoms with Crippen LogP contribution >= 0.6 is 0 Å². The minimum Gasteiger partial charge on any atom is -0.440 e. The summed E-state index contributed by atoms with van der Waals surface area (Å²) >= 11 is 0. The number of esters is 2. The Morgan fingerprint density at radius 2 is 0.979 bits per heavy atom. The van der Waals surface area contributed by atoms with E-state index in [1.165, 1.54) is 0 Å². The summed E-state index contributed by atoms with van der Waals surface area (Å²) in [6, 6.07) is 30.8. The number of nitrogens with zero attached hydrogens (tertiary/aromatic N) is 3. The standard InChI is InChI=1S/C39H31N3O6/c1-24-20-38(47-34(24)43)30-8-4-6-10-32(30)41(36(38)45)22-26-12-16-28(17-13-26)40(3)29-18-14-27(15-19-29)23-42-33-11-7-5-9-31(33)39(37(42)46)21-25(2)35(44)48-39/h4-19H,1-2,20-23H2,3H3. The fraction of sp³-hybridized carbons (Fsp3) is 0.179. The van der Waals surface area contributed by atoms with E-state index in [1.54, 1.807) is 9.80 Å². The van der Waals surface area contributed by atoms with Crippen molar-refractivity contribution in [3.8, 4) is 0 Å². The summed E-state index contributed by atoms with van der Waals surface area (Å²) in [5.74, 6) is -1.60. The number of anilines is 4. The Hall–Kier alpha value is -5.96. The Morgan fingerprint density at radius 3 is 1.33 bits per heavy atom. The largest absolute Gasteiger partial charge is 0.440 e. The summed E-state index contributed by atoms with van der Waals surface area (Å²) in [5, 5.41) is 0. The maximum absolute atomic E-state index is 13.7. The van der Waals surface area contributed by atoms with Gasteiger partial charge in [-0.2, -0.15) is 0 Å². The van der Waals surface area contributed by atoms with E-state index in [2.05, 4.69) is 18.1 Å². The van der Waals surface area contributed by atoms with Crippen molar-refractivity contribution >= 4 is 46.5 Å². The molecule has 2 fully saturated rings. The lowest BCUT2D eigenvalue weighted by molar-refractivity contribution is -0.156. The van der Waals surface area contributed by atoms with E-state index >= 15 is 0 Å². The van der Waals surface area contributed by atoms with Gasteiger partial charge in [-0.1, -0.05) is 73.8 Å². The molecular formula is C39H31N3O6. The molecule has 4 aromatic carbocycles. The summed E-state index contributed by atoms with van der Waals surface area (Å²) in [6.07, 6.45) is 0.295. The number of carbonyl (C=O) groups excluding carboxylic acids is 4. The van der Waals surface area contributed by atoms with Crippen molar-refractivity contribution in [1.29, 1.82) is 0 Å². The van der Waals surface area contributed by atoms with Crippen molar-refractivity contribution in [3.63, 3.8) is 0 Å². The fourth-order valence-electron chi connectivity index (χ4n) is 7.28. The molecule has 2 atom stereocenters. The van der Waals surface area contributed by atoms with Crippen LogP contribution in [0.15, 0.2) is 121 Å². The van der Waals surface area contributed by atoms with Gasteiger partial charge >= 0.3 is 11.9 Å². The molecule has 48 heavy (non-hydrogen) atoms. The van der Waals surface area contributed by atoms with Crippen LogP contribution in [0.2, 0.25) is 0 Å². The molecule has 2 unspecified atom stereocenters. The van der Waals surface area contributed by atoms with E-state index in [0.29, 0.717) is 35.4 Å². The number of ether oxygens (including phenoxy) is 2. The minimum absolute atomic E-state index is 0.148. The van der Waals surface area contributed by atoms with Gasteiger partial charge in [-0.05, 0) is 47.5 Å². The molecule has 0 aliphatic carbocycles. The summed E-state index contributed by atoms with van der Waals surface area (Å²) < 4.78 is 11.3. The van der Waals surface area contributed by atoms with Crippen molar-refractivity contribution < 1.29 is 28.7 Å². The third-order valence-corrected chi connectivity index (χ3v) is 9.81. The number of fused-ring (bicyclic) bond motifs is 4. The van der Waals surface area contributed by atoms with Crippen molar-refractivity contribution in [2.45, 2.75) is 37.1 Å². The number of hydrogen-bond donors (Lipinski definition) is 0. The third-order valence-electron chi connectivity index (χ3n) is 9.81. The number of rotatable bonds is 6. The van der Waals surface area contributed by atoms with E-state index in [1.807, 2.05) is 104 Å². The highest BCUT2D eigenvalue weighted by Crippen LogP contribution is 2.51. The molecule has 9 heteroatoms. The van der Waals surface area contributed by atoms with Gasteiger partial charge in [0.2, 0.25) is 11.2 Å². The molecule has 0 N–H and O–H groups in total. The van der Waals surface area contributed by atoms with E-state index in [-0.39, 0.29) is 24.7 Å². The predicted octanol–water partition coefficient (Wildman–Crippen LogP) is 5.94. The van der Waals surface area contributed by atoms with Crippen LogP contribution < -0.4 is 14.7 Å². The zero-order valence-corrected chi connectivity index (χ0v) is 26.3. The molecular weight excluding hydrogens is 606 g/mol. The molecule has 0 bridgehead atoms. The Kier molecular flexibility index (Phi) is 6.46. The van der Waals surface area contributed by atoms with Gasteiger partial charge < -0.3 is 24.2 Å². The number of benzene rings is 4. The highest BCUT2D eigenvalue weighted by molar-refractivity contribution is 6.12. The maximum Gasteiger partial charge on any atom is 0.335 e. The highest BCUT2D eigenvalue weighted by Gasteiger charge is 2.59. The van der Waals surface area contributed by atoms with Gasteiger partial charge in [0, 0.05) is 53.5 Å². The number of para-hydroxylation sites is 2. The van der Waals surface area contributed by atoms with Crippen LogP contribution in [0.4, 0.5) is 22.7 Å². The van der Waals surface area contributed by atoms with Gasteiger partial charge in [0.05, 0.1) is 24.5 Å². The molecule has 4 aliphatic rings.